The van der Waals surface area contributed by atoms with E-state index in [4.69, 9.17) is 0 Å². The summed E-state index contributed by atoms with van der Waals surface area (Å²) in [5.74, 6) is 6.74. The molecule has 1 N–H and O–H groups in total. The molecule has 2 fully saturated rings. The Morgan fingerprint density at radius 2 is 1.93 bits per heavy atom. The van der Waals surface area contributed by atoms with Crippen molar-refractivity contribution in [1.29, 1.82) is 5.26 Å². The molecule has 2 aromatic rings. The maximum Gasteiger partial charge on any atom is 0.230 e. The van der Waals surface area contributed by atoms with Gasteiger partial charge in [-0.2, -0.15) is 5.26 Å². The van der Waals surface area contributed by atoms with Crippen molar-refractivity contribution in [2.75, 3.05) is 6.61 Å². The fourth-order valence-corrected chi connectivity index (χ4v) is 4.54. The van der Waals surface area contributed by atoms with E-state index in [0.717, 1.165) is 11.1 Å². The van der Waals surface area contributed by atoms with Gasteiger partial charge in [-0.05, 0) is 42.7 Å². The quantitative estimate of drug-likeness (QED) is 0.802. The number of hydrogen-bond donors (Lipinski definition) is 1. The average Bonchev–Trinajstić information content (AvgIpc) is 3.27. The van der Waals surface area contributed by atoms with Crippen molar-refractivity contribution >= 4 is 5.91 Å². The molecular formula is C25H25N3O2. The zero-order valence-electron chi connectivity index (χ0n) is 16.9. The number of aromatic nitrogens is 1. The number of nitrogens with zero attached hydrogens (tertiary/aromatic N) is 3. The maximum atomic E-state index is 12.8. The smallest absolute Gasteiger partial charge is 0.230 e. The van der Waals surface area contributed by atoms with E-state index in [1.165, 1.54) is 30.6 Å². The molecule has 1 aromatic heterocycles. The van der Waals surface area contributed by atoms with Crippen molar-refractivity contribution in [1.82, 2.24) is 9.88 Å². The number of carbonyl (C=O) groups is 1. The largest absolute Gasteiger partial charge is 0.394 e. The zero-order chi connectivity index (χ0) is 20.9. The lowest BCUT2D eigenvalue weighted by atomic mass is 9.75. The average molecular weight is 399 g/mol. The summed E-state index contributed by atoms with van der Waals surface area (Å²) in [6.45, 7) is -0.181. The van der Waals surface area contributed by atoms with Crippen LogP contribution in [-0.4, -0.2) is 39.6 Å². The van der Waals surface area contributed by atoms with E-state index in [2.05, 4.69) is 22.9 Å². The third-order valence-corrected chi connectivity index (χ3v) is 6.15. The molecule has 0 bridgehead atoms. The van der Waals surface area contributed by atoms with Gasteiger partial charge in [-0.15, -0.1) is 0 Å². The topological polar surface area (TPSA) is 77.2 Å². The van der Waals surface area contributed by atoms with Crippen molar-refractivity contribution in [3.05, 3.63) is 65.5 Å². The summed E-state index contributed by atoms with van der Waals surface area (Å²) in [5, 5.41) is 19.6. The van der Waals surface area contributed by atoms with Crippen molar-refractivity contribution in [3.8, 4) is 17.9 Å². The van der Waals surface area contributed by atoms with Gasteiger partial charge in [0.05, 0.1) is 25.1 Å². The first-order valence-corrected chi connectivity index (χ1v) is 10.5. The van der Waals surface area contributed by atoms with E-state index in [1.807, 2.05) is 30.3 Å². The fourth-order valence-electron chi connectivity index (χ4n) is 4.54. The maximum absolute atomic E-state index is 12.8. The van der Waals surface area contributed by atoms with Gasteiger partial charge in [0.2, 0.25) is 5.91 Å². The van der Waals surface area contributed by atoms with Gasteiger partial charge < -0.3 is 10.0 Å². The lowest BCUT2D eigenvalue weighted by molar-refractivity contribution is -0.146. The van der Waals surface area contributed by atoms with Crippen molar-refractivity contribution in [2.24, 2.45) is 5.92 Å². The van der Waals surface area contributed by atoms with Crippen LogP contribution in [0.4, 0.5) is 0 Å². The predicted molar refractivity (Wildman–Crippen MR) is 113 cm³/mol. The molecule has 5 nitrogen and oxygen atoms in total. The summed E-state index contributed by atoms with van der Waals surface area (Å²) in [7, 11) is 0. The highest BCUT2D eigenvalue weighted by Crippen LogP contribution is 2.40. The Bertz CT molecular complexity index is 979. The van der Waals surface area contributed by atoms with Crippen LogP contribution in [0, 0.1) is 29.1 Å². The number of aliphatic hydroxyl groups excluding tert-OH is 1. The monoisotopic (exact) mass is 399 g/mol. The van der Waals surface area contributed by atoms with Crippen LogP contribution in [0.1, 0.15) is 48.4 Å². The van der Waals surface area contributed by atoms with Gasteiger partial charge in [-0.1, -0.05) is 42.9 Å². The predicted octanol–water partition coefficient (Wildman–Crippen LogP) is 3.04. The van der Waals surface area contributed by atoms with Gasteiger partial charge >= 0.3 is 0 Å². The van der Waals surface area contributed by atoms with E-state index in [-0.39, 0.29) is 24.9 Å². The number of amides is 1. The zero-order valence-corrected chi connectivity index (χ0v) is 16.9. The molecule has 30 heavy (non-hydrogen) atoms. The Morgan fingerprint density at radius 3 is 2.57 bits per heavy atom. The van der Waals surface area contributed by atoms with E-state index in [1.54, 1.807) is 18.3 Å². The van der Waals surface area contributed by atoms with Crippen LogP contribution in [0.3, 0.4) is 0 Å². The highest BCUT2D eigenvalue weighted by molar-refractivity contribution is 5.81. The summed E-state index contributed by atoms with van der Waals surface area (Å²) in [4.78, 5) is 18.5. The molecule has 1 saturated carbocycles. The highest BCUT2D eigenvalue weighted by atomic mass is 16.3. The molecule has 4 rings (SSSR count). The summed E-state index contributed by atoms with van der Waals surface area (Å²) < 4.78 is 0. The Morgan fingerprint density at radius 1 is 1.17 bits per heavy atom. The lowest BCUT2D eigenvalue weighted by Crippen LogP contribution is -2.65. The molecule has 0 unspecified atom stereocenters. The first-order valence-electron chi connectivity index (χ1n) is 10.5. The number of nitriles is 1. The molecule has 0 spiro atoms. The van der Waals surface area contributed by atoms with E-state index >= 15 is 0 Å². The van der Waals surface area contributed by atoms with Crippen LogP contribution >= 0.6 is 0 Å². The highest BCUT2D eigenvalue weighted by Gasteiger charge is 2.51. The third kappa shape index (κ3) is 4.08. The minimum atomic E-state index is -0.589. The molecule has 152 valence electrons. The SMILES string of the molecule is N#C[C@@H]1[C@H](c2ccc(C#CC3CCCC3)cc2)[C@@H](CO)N1C(=O)Cc1ccccn1. The molecule has 5 heteroatoms. The number of rotatable bonds is 4. The van der Waals surface area contributed by atoms with Crippen LogP contribution in [-0.2, 0) is 11.2 Å². The van der Waals surface area contributed by atoms with E-state index < -0.39 is 12.1 Å². The normalized spacial score (nSPS) is 23.2. The summed E-state index contributed by atoms with van der Waals surface area (Å²) in [5.41, 5.74) is 2.57. The number of benzene rings is 1. The van der Waals surface area contributed by atoms with Crippen LogP contribution in [0.15, 0.2) is 48.7 Å². The van der Waals surface area contributed by atoms with Crippen molar-refractivity contribution < 1.29 is 9.90 Å². The Balaban J connectivity index is 1.47. The summed E-state index contributed by atoms with van der Waals surface area (Å²) >= 11 is 0. The molecule has 1 saturated heterocycles. The number of aliphatic hydroxyl groups is 1. The van der Waals surface area contributed by atoms with Crippen molar-refractivity contribution in [2.45, 2.75) is 50.1 Å². The molecule has 3 atom stereocenters. The molecular weight excluding hydrogens is 374 g/mol. The van der Waals surface area contributed by atoms with Crippen LogP contribution in [0.5, 0.6) is 0 Å². The molecule has 2 aliphatic rings. The van der Waals surface area contributed by atoms with Gasteiger partial charge in [-0.3, -0.25) is 9.78 Å². The second-order valence-electron chi connectivity index (χ2n) is 8.02. The molecule has 1 amide bonds. The number of hydrogen-bond acceptors (Lipinski definition) is 4. The Labute approximate surface area is 177 Å². The molecule has 1 aromatic carbocycles. The van der Waals surface area contributed by atoms with Crippen molar-refractivity contribution in [3.63, 3.8) is 0 Å². The van der Waals surface area contributed by atoms with Crippen LogP contribution < -0.4 is 0 Å². The standard InChI is InChI=1S/C25H25N3O2/c26-16-22-25(20-12-10-19(11-13-20)9-8-18-5-1-2-6-18)23(17-29)28(22)24(30)15-21-7-3-4-14-27-21/h3-4,7,10-14,18,22-23,25,29H,1-2,5-6,15,17H2/t22-,23-,25+/m1/s1. The van der Waals surface area contributed by atoms with Crippen LogP contribution in [0.25, 0.3) is 0 Å². The Kier molecular flexibility index (Phi) is 6.12. The van der Waals surface area contributed by atoms with Gasteiger partial charge in [0.25, 0.3) is 0 Å². The van der Waals surface area contributed by atoms with Gasteiger partial charge in [0.15, 0.2) is 0 Å². The second-order valence-corrected chi connectivity index (χ2v) is 8.02. The first-order chi connectivity index (χ1) is 14.7. The minimum Gasteiger partial charge on any atom is -0.394 e. The second kappa shape index (κ2) is 9.11. The molecule has 2 heterocycles. The van der Waals surface area contributed by atoms with Gasteiger partial charge in [0.1, 0.15) is 6.04 Å². The number of pyridine rings is 1. The van der Waals surface area contributed by atoms with Gasteiger partial charge in [0, 0.05) is 29.3 Å². The number of likely N-dealkylation sites (tertiary alicyclic amines) is 1. The number of carbonyl (C=O) groups excluding carboxylic acids is 1. The first kappa shape index (κ1) is 20.1. The fraction of sp³-hybridized carbons (Fsp3) is 0.400. The Hall–Kier alpha value is -3.15. The summed E-state index contributed by atoms with van der Waals surface area (Å²) in [6, 6.07) is 14.6. The van der Waals surface area contributed by atoms with Gasteiger partial charge in [-0.25, -0.2) is 0 Å². The van der Waals surface area contributed by atoms with E-state index in [9.17, 15) is 15.2 Å². The lowest BCUT2D eigenvalue weighted by Gasteiger charge is -2.51. The van der Waals surface area contributed by atoms with E-state index in [0.29, 0.717) is 11.6 Å². The molecule has 1 aliphatic carbocycles. The minimum absolute atomic E-state index is 0.123. The van der Waals surface area contributed by atoms with Crippen LogP contribution in [0.2, 0.25) is 0 Å². The summed E-state index contributed by atoms with van der Waals surface area (Å²) in [6.07, 6.45) is 6.69. The third-order valence-electron chi connectivity index (χ3n) is 6.15. The molecule has 1 aliphatic heterocycles. The molecule has 0 radical (unpaired) electrons.